The van der Waals surface area contributed by atoms with E-state index in [2.05, 4.69) is 61.1 Å². The SMILES string of the molecule is CC(C)c1cccc(C(C)C)c1NCCC(=O)N1CCN(c2ccccn2)CC1. The summed E-state index contributed by atoms with van der Waals surface area (Å²) in [5.74, 6) is 2.12. The topological polar surface area (TPSA) is 48.5 Å². The molecule has 3 rings (SSSR count). The molecule has 1 aliphatic heterocycles. The summed E-state index contributed by atoms with van der Waals surface area (Å²) in [7, 11) is 0. The van der Waals surface area contributed by atoms with E-state index in [1.54, 1.807) is 0 Å². The van der Waals surface area contributed by atoms with Gasteiger partial charge in [0.1, 0.15) is 5.82 Å². The number of para-hydroxylation sites is 1. The first-order valence-electron chi connectivity index (χ1n) is 10.8. The molecular weight excluding hydrogens is 360 g/mol. The Bertz CT molecular complexity index is 770. The fourth-order valence-electron chi connectivity index (χ4n) is 3.93. The molecule has 1 saturated heterocycles. The Kier molecular flexibility index (Phi) is 7.13. The van der Waals surface area contributed by atoms with Crippen LogP contribution in [0.4, 0.5) is 11.5 Å². The van der Waals surface area contributed by atoms with Crippen molar-refractivity contribution in [2.45, 2.75) is 46.0 Å². The molecule has 5 heteroatoms. The molecule has 1 N–H and O–H groups in total. The van der Waals surface area contributed by atoms with E-state index in [0.717, 1.165) is 32.0 Å². The molecule has 5 nitrogen and oxygen atoms in total. The quantitative estimate of drug-likeness (QED) is 0.752. The summed E-state index contributed by atoms with van der Waals surface area (Å²) >= 11 is 0. The maximum absolute atomic E-state index is 12.7. The molecule has 156 valence electrons. The molecule has 0 radical (unpaired) electrons. The number of hydrogen-bond acceptors (Lipinski definition) is 4. The lowest BCUT2D eigenvalue weighted by Gasteiger charge is -2.35. The first-order valence-corrected chi connectivity index (χ1v) is 10.8. The van der Waals surface area contributed by atoms with E-state index < -0.39 is 0 Å². The van der Waals surface area contributed by atoms with Gasteiger partial charge < -0.3 is 15.1 Å². The number of anilines is 2. The van der Waals surface area contributed by atoms with E-state index in [4.69, 9.17) is 0 Å². The molecule has 1 aliphatic rings. The molecule has 0 bridgehead atoms. The second kappa shape index (κ2) is 9.77. The van der Waals surface area contributed by atoms with Crippen LogP contribution < -0.4 is 10.2 Å². The van der Waals surface area contributed by atoms with Gasteiger partial charge in [0.15, 0.2) is 0 Å². The van der Waals surface area contributed by atoms with E-state index in [9.17, 15) is 4.79 Å². The highest BCUT2D eigenvalue weighted by atomic mass is 16.2. The van der Waals surface area contributed by atoms with Crippen molar-refractivity contribution in [2.75, 3.05) is 42.9 Å². The molecule has 0 unspecified atom stereocenters. The standard InChI is InChI=1S/C24H34N4O/c1-18(2)20-8-7-9-21(19(3)4)24(20)26-13-11-23(29)28-16-14-27(15-17-28)22-10-5-6-12-25-22/h5-10,12,18-19,26H,11,13-17H2,1-4H3. The summed E-state index contributed by atoms with van der Waals surface area (Å²) in [4.78, 5) is 21.4. The number of piperazine rings is 1. The number of rotatable bonds is 7. The minimum Gasteiger partial charge on any atom is -0.384 e. The van der Waals surface area contributed by atoms with E-state index in [0.29, 0.717) is 24.8 Å². The van der Waals surface area contributed by atoms with Gasteiger partial charge in [-0.15, -0.1) is 0 Å². The lowest BCUT2D eigenvalue weighted by Crippen LogP contribution is -2.49. The third kappa shape index (κ3) is 5.28. The zero-order chi connectivity index (χ0) is 20.8. The molecule has 1 aromatic heterocycles. The highest BCUT2D eigenvalue weighted by molar-refractivity contribution is 5.77. The third-order valence-corrected chi connectivity index (χ3v) is 5.62. The fourth-order valence-corrected chi connectivity index (χ4v) is 3.93. The number of hydrogen-bond donors (Lipinski definition) is 1. The number of carbonyl (C=O) groups excluding carboxylic acids is 1. The van der Waals surface area contributed by atoms with Crippen LogP contribution in [0.2, 0.25) is 0 Å². The summed E-state index contributed by atoms with van der Waals surface area (Å²) in [6.07, 6.45) is 2.34. The molecule has 1 fully saturated rings. The summed E-state index contributed by atoms with van der Waals surface area (Å²) in [6, 6.07) is 12.5. The molecule has 0 saturated carbocycles. The van der Waals surface area contributed by atoms with Crippen molar-refractivity contribution in [3.05, 3.63) is 53.7 Å². The molecule has 0 spiro atoms. The predicted octanol–water partition coefficient (Wildman–Crippen LogP) is 4.48. The van der Waals surface area contributed by atoms with Crippen molar-refractivity contribution in [3.63, 3.8) is 0 Å². The Morgan fingerprint density at radius 1 is 0.966 bits per heavy atom. The average Bonchev–Trinajstić information content (AvgIpc) is 2.74. The van der Waals surface area contributed by atoms with Crippen molar-refractivity contribution in [3.8, 4) is 0 Å². The van der Waals surface area contributed by atoms with Crippen LogP contribution in [-0.4, -0.2) is 48.5 Å². The summed E-state index contributed by atoms with van der Waals surface area (Å²) in [6.45, 7) is 12.7. The van der Waals surface area contributed by atoms with Crippen molar-refractivity contribution in [2.24, 2.45) is 0 Å². The van der Waals surface area contributed by atoms with Gasteiger partial charge >= 0.3 is 0 Å². The zero-order valence-electron chi connectivity index (χ0n) is 18.2. The Morgan fingerprint density at radius 2 is 1.62 bits per heavy atom. The summed E-state index contributed by atoms with van der Waals surface area (Å²) < 4.78 is 0. The molecular formula is C24H34N4O. The molecule has 0 aliphatic carbocycles. The van der Waals surface area contributed by atoms with E-state index in [1.807, 2.05) is 29.3 Å². The predicted molar refractivity (Wildman–Crippen MR) is 121 cm³/mol. The monoisotopic (exact) mass is 394 g/mol. The molecule has 29 heavy (non-hydrogen) atoms. The lowest BCUT2D eigenvalue weighted by atomic mass is 9.92. The summed E-state index contributed by atoms with van der Waals surface area (Å²) in [5.41, 5.74) is 3.87. The largest absolute Gasteiger partial charge is 0.384 e. The van der Waals surface area contributed by atoms with Crippen LogP contribution in [-0.2, 0) is 4.79 Å². The van der Waals surface area contributed by atoms with Crippen molar-refractivity contribution >= 4 is 17.4 Å². The average molecular weight is 395 g/mol. The minimum absolute atomic E-state index is 0.228. The number of amides is 1. The van der Waals surface area contributed by atoms with Gasteiger partial charge in [0.25, 0.3) is 0 Å². The maximum Gasteiger partial charge on any atom is 0.224 e. The smallest absolute Gasteiger partial charge is 0.224 e. The van der Waals surface area contributed by atoms with E-state index in [1.165, 1.54) is 16.8 Å². The second-order valence-corrected chi connectivity index (χ2v) is 8.35. The van der Waals surface area contributed by atoms with Crippen molar-refractivity contribution < 1.29 is 4.79 Å². The Balaban J connectivity index is 1.53. The van der Waals surface area contributed by atoms with Gasteiger partial charge in [-0.05, 0) is 35.1 Å². The normalized spacial score (nSPS) is 14.6. The number of nitrogens with one attached hydrogen (secondary N) is 1. The van der Waals surface area contributed by atoms with Crippen LogP contribution in [0.1, 0.15) is 57.1 Å². The van der Waals surface area contributed by atoms with Gasteiger partial charge in [-0.3, -0.25) is 4.79 Å². The molecule has 1 amide bonds. The molecule has 1 aromatic carbocycles. The van der Waals surface area contributed by atoms with Gasteiger partial charge in [-0.25, -0.2) is 4.98 Å². The minimum atomic E-state index is 0.228. The van der Waals surface area contributed by atoms with Gasteiger partial charge in [-0.2, -0.15) is 0 Å². The van der Waals surface area contributed by atoms with Gasteiger partial charge in [0.05, 0.1) is 0 Å². The summed E-state index contributed by atoms with van der Waals surface area (Å²) in [5, 5.41) is 3.58. The number of benzene rings is 1. The van der Waals surface area contributed by atoms with Crippen LogP contribution in [0, 0.1) is 0 Å². The van der Waals surface area contributed by atoms with Crippen LogP contribution in [0.15, 0.2) is 42.6 Å². The number of aromatic nitrogens is 1. The first kappa shape index (κ1) is 21.2. The number of nitrogens with zero attached hydrogens (tertiary/aromatic N) is 3. The first-order chi connectivity index (χ1) is 14.0. The van der Waals surface area contributed by atoms with E-state index in [-0.39, 0.29) is 5.91 Å². The molecule has 2 heterocycles. The van der Waals surface area contributed by atoms with Crippen LogP contribution in [0.25, 0.3) is 0 Å². The second-order valence-electron chi connectivity index (χ2n) is 8.35. The van der Waals surface area contributed by atoms with Gasteiger partial charge in [-0.1, -0.05) is 52.0 Å². The lowest BCUT2D eigenvalue weighted by molar-refractivity contribution is -0.131. The Hall–Kier alpha value is -2.56. The number of pyridine rings is 1. The highest BCUT2D eigenvalue weighted by Gasteiger charge is 2.21. The van der Waals surface area contributed by atoms with Crippen molar-refractivity contribution in [1.82, 2.24) is 9.88 Å². The maximum atomic E-state index is 12.7. The van der Waals surface area contributed by atoms with Gasteiger partial charge in [0.2, 0.25) is 5.91 Å². The van der Waals surface area contributed by atoms with Crippen LogP contribution in [0.3, 0.4) is 0 Å². The van der Waals surface area contributed by atoms with Crippen molar-refractivity contribution in [1.29, 1.82) is 0 Å². The van der Waals surface area contributed by atoms with Crippen LogP contribution in [0.5, 0.6) is 0 Å². The number of carbonyl (C=O) groups is 1. The van der Waals surface area contributed by atoms with Crippen LogP contribution >= 0.6 is 0 Å². The van der Waals surface area contributed by atoms with E-state index >= 15 is 0 Å². The highest BCUT2D eigenvalue weighted by Crippen LogP contribution is 2.32. The molecule has 0 atom stereocenters. The Labute approximate surface area is 175 Å². The Morgan fingerprint density at radius 3 is 2.17 bits per heavy atom. The molecule has 2 aromatic rings. The fraction of sp³-hybridized carbons (Fsp3) is 0.500. The zero-order valence-corrected chi connectivity index (χ0v) is 18.2. The van der Waals surface area contributed by atoms with Gasteiger partial charge in [0, 0.05) is 51.0 Å². The third-order valence-electron chi connectivity index (χ3n) is 5.62.